The summed E-state index contributed by atoms with van der Waals surface area (Å²) in [6, 6.07) is 1.77. The van der Waals surface area contributed by atoms with Crippen LogP contribution < -0.4 is 9.47 Å². The van der Waals surface area contributed by atoms with E-state index >= 15 is 0 Å². The number of halogens is 1. The topological polar surface area (TPSA) is 93.1 Å². The molecule has 0 saturated carbocycles. The van der Waals surface area contributed by atoms with Crippen molar-refractivity contribution in [1.82, 2.24) is 4.31 Å². The number of methoxy groups -OCH3 is 2. The van der Waals surface area contributed by atoms with Crippen molar-refractivity contribution in [3.05, 3.63) is 16.6 Å². The van der Waals surface area contributed by atoms with Crippen LogP contribution in [0.25, 0.3) is 0 Å². The van der Waals surface area contributed by atoms with Crippen molar-refractivity contribution in [3.63, 3.8) is 0 Å². The summed E-state index contributed by atoms with van der Waals surface area (Å²) in [5.41, 5.74) is 0. The van der Waals surface area contributed by atoms with Crippen LogP contribution in [0.1, 0.15) is 12.8 Å². The summed E-state index contributed by atoms with van der Waals surface area (Å²) in [5.74, 6) is -0.615. The van der Waals surface area contributed by atoms with Gasteiger partial charge in [-0.3, -0.25) is 4.79 Å². The molecule has 0 unspecified atom stereocenters. The lowest BCUT2D eigenvalue weighted by molar-refractivity contribution is -0.140. The predicted molar refractivity (Wildman–Crippen MR) is 81.8 cm³/mol. The minimum Gasteiger partial charge on any atom is -0.495 e. The van der Waals surface area contributed by atoms with Crippen LogP contribution in [0.4, 0.5) is 0 Å². The van der Waals surface area contributed by atoms with E-state index in [9.17, 15) is 18.3 Å². The number of sulfonamides is 1. The summed E-state index contributed by atoms with van der Waals surface area (Å²) in [6.07, 6.45) is 0.810. The standard InChI is InChI=1S/C13H16BrNO6S/c1-20-10-7-11(21-2)12(6-8(10)14)22(18,19)15-5-3-4-9(15)13(16)17/h6-7,9H,3-5H2,1-2H3,(H,16,17)/t9-/m1/s1. The molecule has 0 radical (unpaired) electrons. The number of hydrogen-bond acceptors (Lipinski definition) is 5. The number of carboxylic acids is 1. The van der Waals surface area contributed by atoms with Crippen LogP contribution in [0, 0.1) is 0 Å². The predicted octanol–water partition coefficient (Wildman–Crippen LogP) is 1.70. The van der Waals surface area contributed by atoms with E-state index in [0.29, 0.717) is 23.1 Å². The van der Waals surface area contributed by atoms with Gasteiger partial charge in [-0.1, -0.05) is 0 Å². The van der Waals surface area contributed by atoms with Crippen molar-refractivity contribution in [2.75, 3.05) is 20.8 Å². The zero-order valence-corrected chi connectivity index (χ0v) is 14.5. The van der Waals surface area contributed by atoms with E-state index in [0.717, 1.165) is 4.31 Å². The largest absolute Gasteiger partial charge is 0.495 e. The maximum Gasteiger partial charge on any atom is 0.322 e. The summed E-state index contributed by atoms with van der Waals surface area (Å²) in [6.45, 7) is 0.173. The highest BCUT2D eigenvalue weighted by atomic mass is 79.9. The van der Waals surface area contributed by atoms with Crippen molar-refractivity contribution >= 4 is 31.9 Å². The van der Waals surface area contributed by atoms with E-state index in [1.165, 1.54) is 26.4 Å². The summed E-state index contributed by atoms with van der Waals surface area (Å²) in [5, 5.41) is 9.19. The second kappa shape index (κ2) is 6.43. The Kier molecular flexibility index (Phi) is 4.98. The van der Waals surface area contributed by atoms with E-state index in [2.05, 4.69) is 15.9 Å². The Bertz CT molecular complexity index is 690. The Morgan fingerprint density at radius 3 is 2.50 bits per heavy atom. The molecule has 0 bridgehead atoms. The molecule has 22 heavy (non-hydrogen) atoms. The molecular formula is C13H16BrNO6S. The first-order valence-electron chi connectivity index (χ1n) is 6.49. The van der Waals surface area contributed by atoms with Crippen LogP contribution in [-0.2, 0) is 14.8 Å². The number of carboxylic acid groups (broad SMARTS) is 1. The molecule has 1 aromatic rings. The number of benzene rings is 1. The summed E-state index contributed by atoms with van der Waals surface area (Å²) < 4.78 is 37.3. The van der Waals surface area contributed by atoms with Gasteiger partial charge in [-0.2, -0.15) is 4.31 Å². The van der Waals surface area contributed by atoms with Gasteiger partial charge in [0.2, 0.25) is 10.0 Å². The average Bonchev–Trinajstić information content (AvgIpc) is 2.97. The quantitative estimate of drug-likeness (QED) is 0.817. The molecule has 7 nitrogen and oxygen atoms in total. The number of nitrogens with zero attached hydrogens (tertiary/aromatic N) is 1. The van der Waals surface area contributed by atoms with Crippen molar-refractivity contribution < 1.29 is 27.8 Å². The number of aliphatic carboxylic acids is 1. The molecule has 1 aliphatic heterocycles. The first kappa shape index (κ1) is 17.0. The molecule has 1 heterocycles. The van der Waals surface area contributed by atoms with Crippen molar-refractivity contribution in [3.8, 4) is 11.5 Å². The van der Waals surface area contributed by atoms with Crippen LogP contribution in [0.3, 0.4) is 0 Å². The van der Waals surface area contributed by atoms with Gasteiger partial charge in [-0.05, 0) is 34.8 Å². The zero-order valence-electron chi connectivity index (χ0n) is 12.1. The molecule has 122 valence electrons. The molecular weight excluding hydrogens is 378 g/mol. The van der Waals surface area contributed by atoms with E-state index in [-0.39, 0.29) is 17.2 Å². The lowest BCUT2D eigenvalue weighted by atomic mass is 10.2. The Hall–Kier alpha value is -1.32. The van der Waals surface area contributed by atoms with E-state index in [1.54, 1.807) is 0 Å². The third-order valence-corrected chi connectivity index (χ3v) is 6.06. The van der Waals surface area contributed by atoms with E-state index in [4.69, 9.17) is 9.47 Å². The molecule has 9 heteroatoms. The summed E-state index contributed by atoms with van der Waals surface area (Å²) in [4.78, 5) is 11.2. The second-order valence-electron chi connectivity index (χ2n) is 4.75. The van der Waals surface area contributed by atoms with Crippen LogP contribution >= 0.6 is 15.9 Å². The van der Waals surface area contributed by atoms with Gasteiger partial charge in [0.25, 0.3) is 0 Å². The van der Waals surface area contributed by atoms with Crippen LogP contribution in [-0.4, -0.2) is 50.6 Å². The van der Waals surface area contributed by atoms with Gasteiger partial charge in [0, 0.05) is 12.6 Å². The fourth-order valence-corrected chi connectivity index (χ4v) is 4.91. The van der Waals surface area contributed by atoms with Crippen LogP contribution in [0.15, 0.2) is 21.5 Å². The fourth-order valence-electron chi connectivity index (χ4n) is 2.43. The Labute approximate surface area is 137 Å². The maximum absolute atomic E-state index is 12.8. The molecule has 1 fully saturated rings. The second-order valence-corrected chi connectivity index (χ2v) is 7.46. The number of carbonyl (C=O) groups is 1. The SMILES string of the molecule is COc1cc(OC)c(S(=O)(=O)N2CCC[C@@H]2C(=O)O)cc1Br. The molecule has 2 rings (SSSR count). The molecule has 1 saturated heterocycles. The van der Waals surface area contributed by atoms with Crippen LogP contribution in [0.2, 0.25) is 0 Å². The van der Waals surface area contributed by atoms with Gasteiger partial charge in [-0.25, -0.2) is 8.42 Å². The average molecular weight is 394 g/mol. The van der Waals surface area contributed by atoms with Crippen molar-refractivity contribution in [2.45, 2.75) is 23.8 Å². The lowest BCUT2D eigenvalue weighted by Gasteiger charge is -2.22. The smallest absolute Gasteiger partial charge is 0.322 e. The van der Waals surface area contributed by atoms with E-state index < -0.39 is 22.0 Å². The highest BCUT2D eigenvalue weighted by Gasteiger charge is 2.41. The van der Waals surface area contributed by atoms with Crippen molar-refractivity contribution in [2.24, 2.45) is 0 Å². The summed E-state index contributed by atoms with van der Waals surface area (Å²) >= 11 is 3.24. The minimum atomic E-state index is -3.98. The first-order valence-corrected chi connectivity index (χ1v) is 8.72. The first-order chi connectivity index (χ1) is 10.3. The number of ether oxygens (including phenoxy) is 2. The highest BCUT2D eigenvalue weighted by Crippen LogP contribution is 2.38. The zero-order chi connectivity index (χ0) is 16.5. The minimum absolute atomic E-state index is 0.0872. The third-order valence-electron chi connectivity index (χ3n) is 3.51. The van der Waals surface area contributed by atoms with Gasteiger partial charge >= 0.3 is 5.97 Å². The van der Waals surface area contributed by atoms with Gasteiger partial charge in [0.1, 0.15) is 22.4 Å². The Morgan fingerprint density at radius 2 is 1.95 bits per heavy atom. The van der Waals surface area contributed by atoms with E-state index in [1.807, 2.05) is 0 Å². The molecule has 0 aliphatic carbocycles. The van der Waals surface area contributed by atoms with Gasteiger partial charge < -0.3 is 14.6 Å². The molecule has 1 aliphatic rings. The Balaban J connectivity index is 2.54. The molecule has 1 aromatic carbocycles. The monoisotopic (exact) mass is 393 g/mol. The highest BCUT2D eigenvalue weighted by molar-refractivity contribution is 9.10. The number of rotatable bonds is 5. The molecule has 0 aromatic heterocycles. The summed E-state index contributed by atoms with van der Waals surface area (Å²) in [7, 11) is -1.18. The van der Waals surface area contributed by atoms with Crippen LogP contribution in [0.5, 0.6) is 11.5 Å². The normalized spacial score (nSPS) is 19.1. The number of hydrogen-bond donors (Lipinski definition) is 1. The maximum atomic E-state index is 12.8. The molecule has 1 atom stereocenters. The Morgan fingerprint density at radius 1 is 1.32 bits per heavy atom. The van der Waals surface area contributed by atoms with Crippen molar-refractivity contribution in [1.29, 1.82) is 0 Å². The molecule has 1 N–H and O–H groups in total. The fraction of sp³-hybridized carbons (Fsp3) is 0.462. The molecule has 0 amide bonds. The molecule has 0 spiro atoms. The van der Waals surface area contributed by atoms with Gasteiger partial charge in [0.15, 0.2) is 0 Å². The third kappa shape index (κ3) is 2.92. The van der Waals surface area contributed by atoms with Gasteiger partial charge in [0.05, 0.1) is 18.7 Å². The lowest BCUT2D eigenvalue weighted by Crippen LogP contribution is -2.40. The van der Waals surface area contributed by atoms with Gasteiger partial charge in [-0.15, -0.1) is 0 Å².